The predicted molar refractivity (Wildman–Crippen MR) is 260 cm³/mol. The summed E-state index contributed by atoms with van der Waals surface area (Å²) in [6.45, 7) is 5.62. The van der Waals surface area contributed by atoms with Crippen LogP contribution in [0, 0.1) is 44.0 Å². The predicted octanol–water partition coefficient (Wildman–Crippen LogP) is 12.2. The van der Waals surface area contributed by atoms with Crippen molar-refractivity contribution in [3.63, 3.8) is 0 Å². The summed E-state index contributed by atoms with van der Waals surface area (Å²) in [6, 6.07) is 38.3. The Bertz CT molecular complexity index is 2740. The van der Waals surface area contributed by atoms with Crippen molar-refractivity contribution < 1.29 is 27.6 Å². The second-order valence-electron chi connectivity index (χ2n) is 13.7. The van der Waals surface area contributed by atoms with Gasteiger partial charge in [0.05, 0.1) is 44.2 Å². The van der Waals surface area contributed by atoms with E-state index in [1.807, 2.05) is 45.0 Å². The molecule has 0 saturated heterocycles. The largest absolute Gasteiger partial charge is 0.488 e. The number of halogens is 8. The van der Waals surface area contributed by atoms with Crippen LogP contribution in [-0.4, -0.2) is 37.1 Å². The summed E-state index contributed by atoms with van der Waals surface area (Å²) in [5.74, 6) is -1.33. The average Bonchev–Trinajstić information content (AvgIpc) is 3.28. The van der Waals surface area contributed by atoms with E-state index in [0.29, 0.717) is 65.7 Å². The Morgan fingerprint density at radius 3 is 1.32 bits per heavy atom. The summed E-state index contributed by atoms with van der Waals surface area (Å²) in [5.41, 5.74) is 19.9. The van der Waals surface area contributed by atoms with E-state index in [2.05, 4.69) is 35.9 Å². The van der Waals surface area contributed by atoms with E-state index in [4.69, 9.17) is 56.3 Å². The van der Waals surface area contributed by atoms with Gasteiger partial charge in [0.1, 0.15) is 23.3 Å². The molecule has 0 aliphatic carbocycles. The van der Waals surface area contributed by atoms with Crippen molar-refractivity contribution >= 4 is 74.7 Å². The Balaban J connectivity index is 0.000000181. The van der Waals surface area contributed by atoms with Gasteiger partial charge in [-0.3, -0.25) is 15.0 Å². The first kappa shape index (κ1) is 51.8. The van der Waals surface area contributed by atoms with Crippen molar-refractivity contribution in [3.05, 3.63) is 207 Å². The maximum atomic E-state index is 13.1. The van der Waals surface area contributed by atoms with Crippen LogP contribution >= 0.6 is 50.7 Å². The minimum atomic E-state index is -1.59. The van der Waals surface area contributed by atoms with E-state index in [1.54, 1.807) is 60.7 Å². The molecular weight excluding hydrogens is 966 g/mol. The molecule has 4 aromatic carbocycles. The van der Waals surface area contributed by atoms with Crippen LogP contribution in [0.5, 0.6) is 0 Å². The minimum Gasteiger partial charge on any atom is -0.423 e. The molecule has 0 fully saturated rings. The lowest BCUT2D eigenvalue weighted by atomic mass is 9.80. The number of aryl methyl sites for hydroxylation is 3. The van der Waals surface area contributed by atoms with E-state index < -0.39 is 12.9 Å². The molecule has 8 aromatic rings. The summed E-state index contributed by atoms with van der Waals surface area (Å²) in [5, 5.41) is 19.2. The first-order valence-electron chi connectivity index (χ1n) is 19.3. The van der Waals surface area contributed by atoms with Crippen molar-refractivity contribution in [2.75, 3.05) is 11.5 Å². The molecule has 65 heavy (non-hydrogen) atoms. The average molecular weight is 1010 g/mol. The fraction of sp³-hybridized carbons (Fsp3) is 0.0833. The molecule has 17 heteroatoms. The van der Waals surface area contributed by atoms with Gasteiger partial charge in [0.2, 0.25) is 0 Å². The van der Waals surface area contributed by atoms with Gasteiger partial charge in [0.15, 0.2) is 5.15 Å². The van der Waals surface area contributed by atoms with Crippen LogP contribution in [0.2, 0.25) is 15.2 Å². The molecule has 0 bridgehead atoms. The van der Waals surface area contributed by atoms with Crippen LogP contribution in [0.25, 0.3) is 33.8 Å². The smallest absolute Gasteiger partial charge is 0.423 e. The van der Waals surface area contributed by atoms with Crippen LogP contribution < -0.4 is 16.9 Å². The van der Waals surface area contributed by atoms with E-state index in [0.717, 1.165) is 28.8 Å². The molecule has 0 spiro atoms. The number of hydrogen-bond donors (Lipinski definition) is 4. The Labute approximate surface area is 398 Å². The molecule has 0 radical (unpaired) electrons. The molecule has 0 aliphatic heterocycles. The third-order valence-corrected chi connectivity index (χ3v) is 10.0. The van der Waals surface area contributed by atoms with E-state index in [1.165, 1.54) is 54.6 Å². The SMILES string of the molecule is Cc1ccc(Cl)c(-c2cccc(F)c2)n1.Cc1ccc(N)c(-c2cccc(F)c2)n1.Cc1ccc(N)c(Cl)n1.Fc1cccc(-c2nc(CBr)ccc2Cl)c1.OB(O)c1cccc(F)c1. The topological polar surface area (TPSA) is 144 Å². The standard InChI is InChI=1S/C12H8BrClFN.C12H9ClFN.C12H11FN2.C6H6BFO2.C6H7ClN2/c13-7-10-4-5-11(14)12(16-10)8-2-1-3-9(15)6-8;1-8-5-6-11(13)12(15-8)9-3-2-4-10(14)7-9;1-8-5-6-11(14)12(15-8)9-3-2-4-10(13)7-9;8-6-3-1-2-5(4-6)7(9)10;1-4-2-3-5(8)6(7)9-4/h1-6H,7H2;2-7H,1H3;2-7H,14H2,1H3;1-4,9-10H;2-3H,8H2,1H3. The number of aromatic nitrogens is 4. The summed E-state index contributed by atoms with van der Waals surface area (Å²) in [7, 11) is -1.59. The third kappa shape index (κ3) is 16.9. The van der Waals surface area contributed by atoms with Crippen molar-refractivity contribution in [2.45, 2.75) is 26.1 Å². The minimum absolute atomic E-state index is 0.167. The molecule has 0 unspecified atom stereocenters. The summed E-state index contributed by atoms with van der Waals surface area (Å²) < 4.78 is 51.4. The van der Waals surface area contributed by atoms with Crippen LogP contribution in [0.3, 0.4) is 0 Å². The van der Waals surface area contributed by atoms with Crippen LogP contribution in [0.4, 0.5) is 28.9 Å². The molecule has 6 N–H and O–H groups in total. The summed E-state index contributed by atoms with van der Waals surface area (Å²) >= 11 is 20.9. The Kier molecular flexibility index (Phi) is 20.4. The van der Waals surface area contributed by atoms with Crippen molar-refractivity contribution in [3.8, 4) is 33.8 Å². The Morgan fingerprint density at radius 2 is 0.892 bits per heavy atom. The number of anilines is 2. The van der Waals surface area contributed by atoms with Crippen molar-refractivity contribution in [1.82, 2.24) is 19.9 Å². The molecule has 0 atom stereocenters. The van der Waals surface area contributed by atoms with Gasteiger partial charge in [-0.05, 0) is 123 Å². The van der Waals surface area contributed by atoms with Crippen LogP contribution in [0.1, 0.15) is 22.8 Å². The van der Waals surface area contributed by atoms with Gasteiger partial charge < -0.3 is 21.5 Å². The molecule has 0 amide bonds. The molecule has 8 nitrogen and oxygen atoms in total. The third-order valence-electron chi connectivity index (χ3n) is 8.55. The number of hydrogen-bond acceptors (Lipinski definition) is 8. The van der Waals surface area contributed by atoms with Gasteiger partial charge in [-0.15, -0.1) is 0 Å². The molecule has 4 aromatic heterocycles. The second kappa shape index (κ2) is 25.6. The van der Waals surface area contributed by atoms with Gasteiger partial charge in [-0.1, -0.05) is 99.3 Å². The summed E-state index contributed by atoms with van der Waals surface area (Å²) in [4.78, 5) is 16.8. The lowest BCUT2D eigenvalue weighted by Gasteiger charge is -2.05. The zero-order valence-electron chi connectivity index (χ0n) is 35.0. The van der Waals surface area contributed by atoms with Crippen molar-refractivity contribution in [2.24, 2.45) is 0 Å². The van der Waals surface area contributed by atoms with Crippen LogP contribution in [-0.2, 0) is 5.33 Å². The van der Waals surface area contributed by atoms with E-state index in [-0.39, 0.29) is 22.9 Å². The van der Waals surface area contributed by atoms with E-state index in [9.17, 15) is 17.6 Å². The number of pyridine rings is 4. The number of nitrogen functional groups attached to an aromatic ring is 2. The number of alkyl halides is 1. The Hall–Kier alpha value is -5.87. The lowest BCUT2D eigenvalue weighted by Crippen LogP contribution is -2.29. The molecule has 8 rings (SSSR count). The fourth-order valence-corrected chi connectivity index (χ4v) is 6.35. The first-order valence-corrected chi connectivity index (χ1v) is 21.5. The highest BCUT2D eigenvalue weighted by Crippen LogP contribution is 2.28. The van der Waals surface area contributed by atoms with E-state index >= 15 is 0 Å². The second-order valence-corrected chi connectivity index (χ2v) is 15.5. The maximum Gasteiger partial charge on any atom is 0.488 e. The summed E-state index contributed by atoms with van der Waals surface area (Å²) in [6.07, 6.45) is 0. The van der Waals surface area contributed by atoms with Gasteiger partial charge in [-0.25, -0.2) is 22.5 Å². The Morgan fingerprint density at radius 1 is 0.492 bits per heavy atom. The monoisotopic (exact) mass is 1000 g/mol. The molecular formula is C48H41BBrCl3F4N6O2. The highest BCUT2D eigenvalue weighted by molar-refractivity contribution is 9.08. The number of nitrogens with zero attached hydrogens (tertiary/aromatic N) is 4. The highest BCUT2D eigenvalue weighted by atomic mass is 79.9. The fourth-order valence-electron chi connectivity index (χ4n) is 5.41. The molecule has 334 valence electrons. The first-order chi connectivity index (χ1) is 30.9. The number of rotatable bonds is 5. The number of nitrogens with two attached hydrogens (primary N) is 2. The molecule has 0 aliphatic rings. The molecule has 4 heterocycles. The number of benzene rings is 4. The lowest BCUT2D eigenvalue weighted by molar-refractivity contribution is 0.425. The van der Waals surface area contributed by atoms with Crippen LogP contribution in [0.15, 0.2) is 146 Å². The zero-order chi connectivity index (χ0) is 47.6. The van der Waals surface area contributed by atoms with Gasteiger partial charge in [-0.2, -0.15) is 0 Å². The van der Waals surface area contributed by atoms with Gasteiger partial charge in [0, 0.05) is 39.1 Å². The quantitative estimate of drug-likeness (QED) is 0.0577. The normalized spacial score (nSPS) is 10.1. The zero-order valence-corrected chi connectivity index (χ0v) is 38.9. The van der Waals surface area contributed by atoms with Gasteiger partial charge >= 0.3 is 7.12 Å². The van der Waals surface area contributed by atoms with Gasteiger partial charge in [0.25, 0.3) is 0 Å². The highest BCUT2D eigenvalue weighted by Gasteiger charge is 2.11. The van der Waals surface area contributed by atoms with Crippen molar-refractivity contribution in [1.29, 1.82) is 0 Å². The molecule has 0 saturated carbocycles. The maximum absolute atomic E-state index is 13.1.